The van der Waals surface area contributed by atoms with Crippen LogP contribution in [-0.2, 0) is 0 Å². The summed E-state index contributed by atoms with van der Waals surface area (Å²) >= 11 is 0. The molecule has 1 N–H and O–H groups in total. The van der Waals surface area contributed by atoms with Gasteiger partial charge in [-0.15, -0.1) is 0 Å². The van der Waals surface area contributed by atoms with E-state index in [1.165, 1.54) is 83.8 Å². The molecule has 0 aromatic carbocycles. The number of nitrogens with one attached hydrogen (secondary N) is 1. The first-order chi connectivity index (χ1) is 9.70. The van der Waals surface area contributed by atoms with Crippen LogP contribution in [0.15, 0.2) is 0 Å². The molecule has 4 rings (SSSR count). The van der Waals surface area contributed by atoms with Crippen LogP contribution in [0.1, 0.15) is 71.1 Å². The second-order valence-electron chi connectivity index (χ2n) is 8.48. The number of piperazine rings is 1. The molecule has 4 aliphatic rings. The lowest BCUT2D eigenvalue weighted by Gasteiger charge is -2.55. The van der Waals surface area contributed by atoms with E-state index in [1.54, 1.807) is 0 Å². The molecule has 0 bridgehead atoms. The quantitative estimate of drug-likeness (QED) is 0.844. The number of nitrogens with zero attached hydrogens (tertiary/aromatic N) is 1. The van der Waals surface area contributed by atoms with Crippen LogP contribution in [0.3, 0.4) is 0 Å². The Morgan fingerprint density at radius 2 is 1.80 bits per heavy atom. The van der Waals surface area contributed by atoms with Gasteiger partial charge in [0.2, 0.25) is 0 Å². The van der Waals surface area contributed by atoms with Crippen LogP contribution in [0.4, 0.5) is 0 Å². The van der Waals surface area contributed by atoms with Crippen LogP contribution < -0.4 is 5.32 Å². The maximum absolute atomic E-state index is 4.04. The summed E-state index contributed by atoms with van der Waals surface area (Å²) in [5.74, 6) is 2.06. The lowest BCUT2D eigenvalue weighted by molar-refractivity contribution is -0.0132. The second-order valence-corrected chi connectivity index (χ2v) is 8.48. The molecule has 1 saturated heterocycles. The third kappa shape index (κ3) is 2.54. The zero-order valence-electron chi connectivity index (χ0n) is 13.3. The van der Waals surface area contributed by atoms with Crippen molar-refractivity contribution in [1.29, 1.82) is 0 Å². The first-order valence-electron chi connectivity index (χ1n) is 9.20. The van der Waals surface area contributed by atoms with Crippen molar-refractivity contribution < 1.29 is 0 Å². The van der Waals surface area contributed by atoms with Gasteiger partial charge in [0.25, 0.3) is 0 Å². The third-order valence-corrected chi connectivity index (χ3v) is 6.81. The molecule has 3 saturated carbocycles. The summed E-state index contributed by atoms with van der Waals surface area (Å²) in [6, 6.07) is 0. The molecule has 0 aromatic heterocycles. The van der Waals surface area contributed by atoms with E-state index >= 15 is 0 Å². The Bertz CT molecular complexity index is 352. The second kappa shape index (κ2) is 4.98. The van der Waals surface area contributed by atoms with Crippen molar-refractivity contribution in [3.05, 3.63) is 0 Å². The molecule has 0 aromatic rings. The van der Waals surface area contributed by atoms with Crippen molar-refractivity contribution in [2.45, 2.75) is 82.2 Å². The van der Waals surface area contributed by atoms with Crippen molar-refractivity contribution >= 4 is 0 Å². The van der Waals surface area contributed by atoms with Crippen LogP contribution >= 0.6 is 0 Å². The van der Waals surface area contributed by atoms with E-state index < -0.39 is 0 Å². The zero-order valence-corrected chi connectivity index (χ0v) is 13.3. The van der Waals surface area contributed by atoms with E-state index in [4.69, 9.17) is 0 Å². The number of rotatable bonds is 4. The maximum Gasteiger partial charge on any atom is 0.0334 e. The van der Waals surface area contributed by atoms with Crippen molar-refractivity contribution in [1.82, 2.24) is 10.2 Å². The highest BCUT2D eigenvalue weighted by Crippen LogP contribution is 2.47. The van der Waals surface area contributed by atoms with Crippen molar-refractivity contribution in [2.24, 2.45) is 11.8 Å². The summed E-state index contributed by atoms with van der Waals surface area (Å²) in [5.41, 5.74) is 0.952. The SMILES string of the molecule is CC1(C2CC2)CNC2(CCCCC2)CN1CCC1CC1. The van der Waals surface area contributed by atoms with Gasteiger partial charge in [0.1, 0.15) is 0 Å². The fourth-order valence-corrected chi connectivity index (χ4v) is 4.83. The molecule has 3 aliphatic carbocycles. The minimum Gasteiger partial charge on any atom is -0.308 e. The topological polar surface area (TPSA) is 15.3 Å². The molecule has 4 fully saturated rings. The molecule has 1 heterocycles. The largest absolute Gasteiger partial charge is 0.308 e. The van der Waals surface area contributed by atoms with E-state index in [0.29, 0.717) is 11.1 Å². The maximum atomic E-state index is 4.04. The Hall–Kier alpha value is -0.0800. The molecule has 1 unspecified atom stereocenters. The van der Waals surface area contributed by atoms with Crippen LogP contribution in [0, 0.1) is 11.8 Å². The van der Waals surface area contributed by atoms with E-state index in [0.717, 1.165) is 11.8 Å². The molecular formula is C18H32N2. The Balaban J connectivity index is 1.47. The fourth-order valence-electron chi connectivity index (χ4n) is 4.83. The van der Waals surface area contributed by atoms with Crippen molar-refractivity contribution in [3.63, 3.8) is 0 Å². The smallest absolute Gasteiger partial charge is 0.0334 e. The monoisotopic (exact) mass is 276 g/mol. The standard InChI is InChI=1S/C18H32N2/c1-17(16-7-8-16)13-19-18(10-3-2-4-11-18)14-20(17)12-9-15-5-6-15/h15-16,19H,2-14H2,1H3. The summed E-state index contributed by atoms with van der Waals surface area (Å²) in [6.45, 7) is 6.52. The zero-order chi connectivity index (χ0) is 13.6. The number of hydrogen-bond acceptors (Lipinski definition) is 2. The molecular weight excluding hydrogens is 244 g/mol. The lowest BCUT2D eigenvalue weighted by atomic mass is 9.76. The highest BCUT2D eigenvalue weighted by Gasteiger charge is 2.51. The first-order valence-corrected chi connectivity index (χ1v) is 9.20. The Kier molecular flexibility index (Phi) is 3.38. The van der Waals surface area contributed by atoms with Crippen LogP contribution in [0.2, 0.25) is 0 Å². The normalized spacial score (nSPS) is 38.2. The van der Waals surface area contributed by atoms with Crippen LogP contribution in [0.5, 0.6) is 0 Å². The summed E-state index contributed by atoms with van der Waals surface area (Å²) in [5, 5.41) is 4.04. The van der Waals surface area contributed by atoms with Crippen molar-refractivity contribution in [3.8, 4) is 0 Å². The number of hydrogen-bond donors (Lipinski definition) is 1. The molecule has 1 aliphatic heterocycles. The van der Waals surface area contributed by atoms with Crippen LogP contribution in [0.25, 0.3) is 0 Å². The summed E-state index contributed by atoms with van der Waals surface area (Å²) < 4.78 is 0. The van der Waals surface area contributed by atoms with Gasteiger partial charge in [0, 0.05) is 24.2 Å². The highest BCUT2D eigenvalue weighted by atomic mass is 15.3. The third-order valence-electron chi connectivity index (χ3n) is 6.81. The predicted molar refractivity (Wildman–Crippen MR) is 83.9 cm³/mol. The Morgan fingerprint density at radius 1 is 1.05 bits per heavy atom. The molecule has 0 radical (unpaired) electrons. The van der Waals surface area contributed by atoms with E-state index in [-0.39, 0.29) is 0 Å². The van der Waals surface area contributed by atoms with Gasteiger partial charge >= 0.3 is 0 Å². The van der Waals surface area contributed by atoms with Gasteiger partial charge in [0.15, 0.2) is 0 Å². The minimum absolute atomic E-state index is 0.470. The Labute approximate surface area is 124 Å². The highest BCUT2D eigenvalue weighted by molar-refractivity contribution is 5.09. The lowest BCUT2D eigenvalue weighted by Crippen LogP contribution is -2.70. The average molecular weight is 276 g/mol. The molecule has 114 valence electrons. The van der Waals surface area contributed by atoms with Gasteiger partial charge in [-0.05, 0) is 57.4 Å². The summed E-state index contributed by atoms with van der Waals surface area (Å²) in [4.78, 5) is 2.94. The van der Waals surface area contributed by atoms with E-state index in [9.17, 15) is 0 Å². The summed E-state index contributed by atoms with van der Waals surface area (Å²) in [6.07, 6.45) is 14.7. The molecule has 0 amide bonds. The molecule has 20 heavy (non-hydrogen) atoms. The minimum atomic E-state index is 0.470. The van der Waals surface area contributed by atoms with Gasteiger partial charge in [-0.1, -0.05) is 32.1 Å². The van der Waals surface area contributed by atoms with Gasteiger partial charge < -0.3 is 5.32 Å². The van der Waals surface area contributed by atoms with Gasteiger partial charge in [-0.3, -0.25) is 4.90 Å². The predicted octanol–water partition coefficient (Wildman–Crippen LogP) is 3.56. The van der Waals surface area contributed by atoms with Crippen molar-refractivity contribution in [2.75, 3.05) is 19.6 Å². The van der Waals surface area contributed by atoms with Gasteiger partial charge in [0.05, 0.1) is 0 Å². The molecule has 2 nitrogen and oxygen atoms in total. The molecule has 2 heteroatoms. The van der Waals surface area contributed by atoms with Gasteiger partial charge in [-0.25, -0.2) is 0 Å². The fraction of sp³-hybridized carbons (Fsp3) is 1.00. The Morgan fingerprint density at radius 3 is 2.45 bits per heavy atom. The van der Waals surface area contributed by atoms with Gasteiger partial charge in [-0.2, -0.15) is 0 Å². The molecule has 1 spiro atoms. The summed E-state index contributed by atoms with van der Waals surface area (Å²) in [7, 11) is 0. The van der Waals surface area contributed by atoms with Crippen LogP contribution in [-0.4, -0.2) is 35.6 Å². The molecule has 1 atom stereocenters. The average Bonchev–Trinajstić information content (AvgIpc) is 3.34. The van der Waals surface area contributed by atoms with E-state index in [1.807, 2.05) is 0 Å². The van der Waals surface area contributed by atoms with E-state index in [2.05, 4.69) is 17.1 Å². The first kappa shape index (κ1) is 13.6.